The number of hydrogen-bond donors (Lipinski definition) is 1. The summed E-state index contributed by atoms with van der Waals surface area (Å²) in [6.45, 7) is 2.04. The van der Waals surface area contributed by atoms with E-state index in [4.69, 9.17) is 4.74 Å². The molecular weight excluding hydrogens is 252 g/mol. The average molecular weight is 268 g/mol. The van der Waals surface area contributed by atoms with Gasteiger partial charge in [0, 0.05) is 13.1 Å². The van der Waals surface area contributed by atoms with E-state index >= 15 is 0 Å². The number of rotatable bonds is 2. The predicted octanol–water partition coefficient (Wildman–Crippen LogP) is 3.26. The Morgan fingerprint density at radius 1 is 1.15 bits per heavy atom. The van der Waals surface area contributed by atoms with Gasteiger partial charge in [-0.15, -0.1) is 0 Å². The molecule has 1 N–H and O–H groups in total. The normalized spacial score (nSPS) is 10.9. The van der Waals surface area contributed by atoms with Crippen LogP contribution in [0.15, 0.2) is 36.4 Å². The summed E-state index contributed by atoms with van der Waals surface area (Å²) in [5.41, 5.74) is 3.83. The first-order chi connectivity index (χ1) is 9.60. The first kappa shape index (κ1) is 12.5. The molecule has 0 saturated carbocycles. The lowest BCUT2D eigenvalue weighted by Crippen LogP contribution is -1.93. The van der Waals surface area contributed by atoms with Crippen LogP contribution >= 0.6 is 0 Å². The molecule has 0 aliphatic carbocycles. The molecule has 0 bridgehead atoms. The molecule has 0 amide bonds. The van der Waals surface area contributed by atoms with Gasteiger partial charge in [-0.3, -0.25) is 0 Å². The lowest BCUT2D eigenvalue weighted by atomic mass is 10.2. The number of methoxy groups -OCH3 is 1. The Bertz CT molecular complexity index is 791. The van der Waals surface area contributed by atoms with Crippen molar-refractivity contribution in [1.29, 1.82) is 0 Å². The number of aromatic nitrogens is 2. The van der Waals surface area contributed by atoms with Gasteiger partial charge in [-0.2, -0.15) is 0 Å². The molecule has 0 aliphatic rings. The minimum Gasteiger partial charge on any atom is -0.507 e. The van der Waals surface area contributed by atoms with E-state index < -0.39 is 0 Å². The standard InChI is InChI=1S/C16H16N2O2/c1-10-4-7-14-13(8-10)17-16(18(14)2)12-6-5-11(20-3)9-15(12)19/h4-9,19H,1-3H3. The van der Waals surface area contributed by atoms with Gasteiger partial charge in [0.25, 0.3) is 0 Å². The highest BCUT2D eigenvalue weighted by atomic mass is 16.5. The number of aromatic hydroxyl groups is 1. The minimum absolute atomic E-state index is 0.166. The smallest absolute Gasteiger partial charge is 0.144 e. The van der Waals surface area contributed by atoms with Gasteiger partial charge in [0.2, 0.25) is 0 Å². The molecule has 1 aromatic heterocycles. The van der Waals surface area contributed by atoms with Crippen LogP contribution in [0.3, 0.4) is 0 Å². The predicted molar refractivity (Wildman–Crippen MR) is 79.1 cm³/mol. The van der Waals surface area contributed by atoms with Crippen molar-refractivity contribution in [3.05, 3.63) is 42.0 Å². The number of phenolic OH excluding ortho intramolecular Hbond substituents is 1. The number of hydrogen-bond acceptors (Lipinski definition) is 3. The van der Waals surface area contributed by atoms with Crippen LogP contribution in [0.1, 0.15) is 5.56 Å². The van der Waals surface area contributed by atoms with Crippen LogP contribution in [0.25, 0.3) is 22.4 Å². The molecule has 0 aliphatic heterocycles. The SMILES string of the molecule is COc1ccc(-c2nc3cc(C)ccc3n2C)c(O)c1. The van der Waals surface area contributed by atoms with E-state index in [0.717, 1.165) is 16.9 Å². The highest BCUT2D eigenvalue weighted by Crippen LogP contribution is 2.33. The highest BCUT2D eigenvalue weighted by molar-refractivity contribution is 5.82. The van der Waals surface area contributed by atoms with Crippen LogP contribution in [-0.4, -0.2) is 21.8 Å². The lowest BCUT2D eigenvalue weighted by Gasteiger charge is -2.07. The van der Waals surface area contributed by atoms with Crippen LogP contribution in [-0.2, 0) is 7.05 Å². The monoisotopic (exact) mass is 268 g/mol. The van der Waals surface area contributed by atoms with Crippen molar-refractivity contribution >= 4 is 11.0 Å². The fraction of sp³-hybridized carbons (Fsp3) is 0.188. The van der Waals surface area contributed by atoms with Gasteiger partial charge in [-0.25, -0.2) is 4.98 Å². The fourth-order valence-corrected chi connectivity index (χ4v) is 2.38. The van der Waals surface area contributed by atoms with E-state index in [1.165, 1.54) is 5.56 Å². The van der Waals surface area contributed by atoms with Crippen LogP contribution in [0.4, 0.5) is 0 Å². The molecule has 3 rings (SSSR count). The molecule has 3 aromatic rings. The summed E-state index contributed by atoms with van der Waals surface area (Å²) in [6.07, 6.45) is 0. The molecule has 0 atom stereocenters. The zero-order valence-electron chi connectivity index (χ0n) is 11.7. The number of fused-ring (bicyclic) bond motifs is 1. The fourth-order valence-electron chi connectivity index (χ4n) is 2.38. The third kappa shape index (κ3) is 1.90. The summed E-state index contributed by atoms with van der Waals surface area (Å²) in [6, 6.07) is 11.4. The van der Waals surface area contributed by atoms with Gasteiger partial charge in [-0.05, 0) is 36.8 Å². The minimum atomic E-state index is 0.166. The third-order valence-electron chi connectivity index (χ3n) is 3.48. The van der Waals surface area contributed by atoms with E-state index in [0.29, 0.717) is 11.3 Å². The second kappa shape index (κ2) is 4.56. The summed E-state index contributed by atoms with van der Waals surface area (Å²) in [7, 11) is 3.52. The lowest BCUT2D eigenvalue weighted by molar-refractivity contribution is 0.408. The second-order valence-corrected chi connectivity index (χ2v) is 4.87. The van der Waals surface area contributed by atoms with Gasteiger partial charge >= 0.3 is 0 Å². The molecule has 0 saturated heterocycles. The van der Waals surface area contributed by atoms with E-state index in [1.807, 2.05) is 42.8 Å². The van der Waals surface area contributed by atoms with Crippen molar-refractivity contribution in [2.75, 3.05) is 7.11 Å². The second-order valence-electron chi connectivity index (χ2n) is 4.87. The van der Waals surface area contributed by atoms with Gasteiger partial charge in [0.1, 0.15) is 17.3 Å². The molecule has 0 radical (unpaired) electrons. The molecule has 0 spiro atoms. The maximum absolute atomic E-state index is 10.1. The van der Waals surface area contributed by atoms with Gasteiger partial charge in [0.05, 0.1) is 23.7 Å². The van der Waals surface area contributed by atoms with Crippen LogP contribution in [0.5, 0.6) is 11.5 Å². The molecule has 0 unspecified atom stereocenters. The Morgan fingerprint density at radius 3 is 2.65 bits per heavy atom. The number of phenols is 1. The Balaban J connectivity index is 2.21. The van der Waals surface area contributed by atoms with E-state index in [-0.39, 0.29) is 5.75 Å². The Morgan fingerprint density at radius 2 is 1.95 bits per heavy atom. The summed E-state index contributed by atoms with van der Waals surface area (Å²) in [5, 5.41) is 10.1. The first-order valence-corrected chi connectivity index (χ1v) is 6.40. The summed E-state index contributed by atoms with van der Waals surface area (Å²) in [4.78, 5) is 4.62. The number of imidazole rings is 1. The third-order valence-corrected chi connectivity index (χ3v) is 3.48. The van der Waals surface area contributed by atoms with E-state index in [9.17, 15) is 5.11 Å². The molecule has 4 heteroatoms. The van der Waals surface area contributed by atoms with Gasteiger partial charge in [0.15, 0.2) is 0 Å². The highest BCUT2D eigenvalue weighted by Gasteiger charge is 2.13. The summed E-state index contributed by atoms with van der Waals surface area (Å²) < 4.78 is 7.09. The van der Waals surface area contributed by atoms with Crippen molar-refractivity contribution in [2.24, 2.45) is 7.05 Å². The number of ether oxygens (including phenoxy) is 1. The van der Waals surface area contributed by atoms with E-state index in [2.05, 4.69) is 11.1 Å². The quantitative estimate of drug-likeness (QED) is 0.776. The van der Waals surface area contributed by atoms with Crippen molar-refractivity contribution in [3.63, 3.8) is 0 Å². The first-order valence-electron chi connectivity index (χ1n) is 6.40. The van der Waals surface area contributed by atoms with Crippen molar-refractivity contribution in [3.8, 4) is 22.9 Å². The molecular formula is C16H16N2O2. The van der Waals surface area contributed by atoms with Crippen molar-refractivity contribution in [1.82, 2.24) is 9.55 Å². The topological polar surface area (TPSA) is 47.3 Å². The van der Waals surface area contributed by atoms with Crippen LogP contribution in [0.2, 0.25) is 0 Å². The molecule has 102 valence electrons. The maximum atomic E-state index is 10.1. The molecule has 1 heterocycles. The van der Waals surface area contributed by atoms with Gasteiger partial charge in [-0.1, -0.05) is 6.07 Å². The zero-order chi connectivity index (χ0) is 14.3. The van der Waals surface area contributed by atoms with Crippen LogP contribution in [0, 0.1) is 6.92 Å². The summed E-state index contributed by atoms with van der Waals surface area (Å²) in [5.74, 6) is 1.53. The Hall–Kier alpha value is -2.49. The van der Waals surface area contributed by atoms with Crippen LogP contribution < -0.4 is 4.74 Å². The van der Waals surface area contributed by atoms with Crippen molar-refractivity contribution in [2.45, 2.75) is 6.92 Å². The Labute approximate surface area is 117 Å². The average Bonchev–Trinajstić information content (AvgIpc) is 2.75. The summed E-state index contributed by atoms with van der Waals surface area (Å²) >= 11 is 0. The number of aryl methyl sites for hydroxylation is 2. The molecule has 20 heavy (non-hydrogen) atoms. The van der Waals surface area contributed by atoms with Crippen molar-refractivity contribution < 1.29 is 9.84 Å². The molecule has 2 aromatic carbocycles. The largest absolute Gasteiger partial charge is 0.507 e. The number of nitrogens with zero attached hydrogens (tertiary/aromatic N) is 2. The molecule has 0 fully saturated rings. The number of benzene rings is 2. The van der Waals surface area contributed by atoms with E-state index in [1.54, 1.807) is 13.2 Å². The zero-order valence-corrected chi connectivity index (χ0v) is 11.7. The maximum Gasteiger partial charge on any atom is 0.144 e. The molecule has 4 nitrogen and oxygen atoms in total. The Kier molecular flexibility index (Phi) is 2.86. The van der Waals surface area contributed by atoms with Gasteiger partial charge < -0.3 is 14.4 Å².